The summed E-state index contributed by atoms with van der Waals surface area (Å²) < 4.78 is 47.8. The fraction of sp³-hybridized carbons (Fsp3) is 0.440. The molecule has 0 aliphatic heterocycles. The van der Waals surface area contributed by atoms with Gasteiger partial charge in [-0.2, -0.15) is 5.10 Å². The van der Waals surface area contributed by atoms with E-state index in [9.17, 15) is 13.2 Å². The van der Waals surface area contributed by atoms with Crippen molar-refractivity contribution in [3.05, 3.63) is 41.4 Å². The molecule has 11 nitrogen and oxygen atoms in total. The Bertz CT molecular complexity index is 1470. The summed E-state index contributed by atoms with van der Waals surface area (Å²) in [4.78, 5) is 20.9. The number of anilines is 2. The van der Waals surface area contributed by atoms with Crippen LogP contribution in [-0.2, 0) is 14.8 Å². The second kappa shape index (κ2) is 11.3. The van der Waals surface area contributed by atoms with Crippen molar-refractivity contribution in [1.82, 2.24) is 25.1 Å². The number of rotatable bonds is 9. The van der Waals surface area contributed by atoms with Crippen molar-refractivity contribution in [3.8, 4) is 22.5 Å². The lowest BCUT2D eigenvalue weighted by Gasteiger charge is -2.29. The minimum atomic E-state index is -3.76. The second-order valence-electron chi connectivity index (χ2n) is 9.88. The van der Waals surface area contributed by atoms with Gasteiger partial charge in [0.25, 0.3) is 0 Å². The number of halogens is 2. The van der Waals surface area contributed by atoms with Crippen molar-refractivity contribution in [2.75, 3.05) is 29.9 Å². The van der Waals surface area contributed by atoms with Crippen LogP contribution in [-0.4, -0.2) is 59.7 Å². The highest BCUT2D eigenvalue weighted by Gasteiger charge is 2.36. The molecule has 1 aliphatic carbocycles. The van der Waals surface area contributed by atoms with E-state index in [2.05, 4.69) is 30.4 Å². The standard InChI is InChI=1S/C25H31ClFN7O4S/c1-15(2)34-13-18(22(32-34)17-11-16(26)12-20(21(17)27)33-39(4,36)37)19-7-10-28-23(30-19)29-14-25(8-5-6-9-25)31-24(35)38-3/h7,10-13,15,33H,5-6,8-9,14H2,1-4H3,(H,31,35)(H,28,29,30). The molecule has 4 rings (SSSR count). The van der Waals surface area contributed by atoms with E-state index < -0.39 is 27.5 Å². The monoisotopic (exact) mass is 579 g/mol. The van der Waals surface area contributed by atoms with Crippen LogP contribution >= 0.6 is 11.6 Å². The molecule has 0 bridgehead atoms. The maximum Gasteiger partial charge on any atom is 0.407 e. The molecule has 1 aliphatic rings. The normalized spacial score (nSPS) is 14.8. The third kappa shape index (κ3) is 6.77. The van der Waals surface area contributed by atoms with Gasteiger partial charge in [0, 0.05) is 41.1 Å². The number of hydrogen-bond acceptors (Lipinski definition) is 8. The number of benzene rings is 1. The van der Waals surface area contributed by atoms with Crippen molar-refractivity contribution in [2.24, 2.45) is 0 Å². The third-order valence-electron chi connectivity index (χ3n) is 6.48. The average Bonchev–Trinajstić information content (AvgIpc) is 3.52. The Labute approximate surface area is 231 Å². The fourth-order valence-electron chi connectivity index (χ4n) is 4.59. The number of sulfonamides is 1. The fourth-order valence-corrected chi connectivity index (χ4v) is 5.35. The molecule has 1 amide bonds. The van der Waals surface area contributed by atoms with Gasteiger partial charge in [-0.05, 0) is 44.9 Å². The van der Waals surface area contributed by atoms with Gasteiger partial charge in [0.15, 0.2) is 5.82 Å². The minimum Gasteiger partial charge on any atom is -0.453 e. The molecule has 2 aromatic heterocycles. The molecule has 1 fully saturated rings. The predicted molar refractivity (Wildman–Crippen MR) is 148 cm³/mol. The van der Waals surface area contributed by atoms with Crippen molar-refractivity contribution in [3.63, 3.8) is 0 Å². The summed E-state index contributed by atoms with van der Waals surface area (Å²) in [6.07, 6.45) is 7.28. The topological polar surface area (TPSA) is 140 Å². The van der Waals surface area contributed by atoms with E-state index in [0.717, 1.165) is 31.9 Å². The zero-order chi connectivity index (χ0) is 28.4. The van der Waals surface area contributed by atoms with Gasteiger partial charge in [0.2, 0.25) is 16.0 Å². The van der Waals surface area contributed by atoms with Crippen molar-refractivity contribution in [1.29, 1.82) is 0 Å². The first-order chi connectivity index (χ1) is 18.4. The molecule has 0 radical (unpaired) electrons. The van der Waals surface area contributed by atoms with Crippen LogP contribution < -0.4 is 15.4 Å². The number of carbonyl (C=O) groups is 1. The number of methoxy groups -OCH3 is 1. The van der Waals surface area contributed by atoms with Crippen LogP contribution in [0.2, 0.25) is 5.02 Å². The summed E-state index contributed by atoms with van der Waals surface area (Å²) in [5.41, 5.74) is 0.465. The Balaban J connectivity index is 1.71. The highest BCUT2D eigenvalue weighted by Crippen LogP contribution is 2.37. The highest BCUT2D eigenvalue weighted by molar-refractivity contribution is 7.92. The van der Waals surface area contributed by atoms with Gasteiger partial charge in [-0.3, -0.25) is 9.40 Å². The summed E-state index contributed by atoms with van der Waals surface area (Å²) in [6.45, 7) is 4.24. The second-order valence-corrected chi connectivity index (χ2v) is 12.1. The Hall–Kier alpha value is -3.45. The number of alkyl carbamates (subject to hydrolysis) is 1. The first kappa shape index (κ1) is 28.6. The lowest BCUT2D eigenvalue weighted by Crippen LogP contribution is -2.51. The maximum absolute atomic E-state index is 15.6. The first-order valence-electron chi connectivity index (χ1n) is 12.4. The molecule has 0 unspecified atom stereocenters. The number of carbonyl (C=O) groups excluding carboxylic acids is 1. The SMILES string of the molecule is COC(=O)NC1(CNc2nccc(-c3cn(C(C)C)nc3-c3cc(Cl)cc(NS(C)(=O)=O)c3F)n2)CCCC1. The van der Waals surface area contributed by atoms with Gasteiger partial charge >= 0.3 is 6.09 Å². The lowest BCUT2D eigenvalue weighted by molar-refractivity contribution is 0.157. The van der Waals surface area contributed by atoms with Gasteiger partial charge < -0.3 is 15.4 Å². The van der Waals surface area contributed by atoms with Gasteiger partial charge in [0.05, 0.1) is 30.3 Å². The summed E-state index contributed by atoms with van der Waals surface area (Å²) in [6, 6.07) is 4.21. The number of amides is 1. The Kier molecular flexibility index (Phi) is 8.31. The number of nitrogens with zero attached hydrogens (tertiary/aromatic N) is 4. The molecule has 0 spiro atoms. The molecule has 14 heteroatoms. The summed E-state index contributed by atoms with van der Waals surface area (Å²) in [7, 11) is -2.43. The van der Waals surface area contributed by atoms with E-state index in [-0.39, 0.29) is 28.0 Å². The molecule has 210 valence electrons. The van der Waals surface area contributed by atoms with Crippen molar-refractivity contribution >= 4 is 39.4 Å². The van der Waals surface area contributed by atoms with E-state index in [4.69, 9.17) is 16.3 Å². The van der Waals surface area contributed by atoms with Crippen LogP contribution in [0, 0.1) is 5.82 Å². The molecule has 39 heavy (non-hydrogen) atoms. The van der Waals surface area contributed by atoms with Crippen LogP contribution in [0.25, 0.3) is 22.5 Å². The van der Waals surface area contributed by atoms with E-state index in [1.165, 1.54) is 19.2 Å². The van der Waals surface area contributed by atoms with Crippen LogP contribution in [0.4, 0.5) is 20.8 Å². The quantitative estimate of drug-likeness (QED) is 0.327. The molecular formula is C25H31ClFN7O4S. The molecule has 0 atom stereocenters. The molecule has 0 saturated heterocycles. The first-order valence-corrected chi connectivity index (χ1v) is 14.7. The minimum absolute atomic E-state index is 0.0170. The number of ether oxygens (including phenoxy) is 1. The maximum atomic E-state index is 15.6. The number of hydrogen-bond donors (Lipinski definition) is 3. The Morgan fingerprint density at radius 1 is 1.26 bits per heavy atom. The van der Waals surface area contributed by atoms with Gasteiger partial charge in [-0.25, -0.2) is 27.6 Å². The molecule has 3 N–H and O–H groups in total. The van der Waals surface area contributed by atoms with Crippen LogP contribution in [0.5, 0.6) is 0 Å². The van der Waals surface area contributed by atoms with E-state index in [0.29, 0.717) is 23.8 Å². The summed E-state index contributed by atoms with van der Waals surface area (Å²) in [5, 5.41) is 10.9. The highest BCUT2D eigenvalue weighted by atomic mass is 35.5. The predicted octanol–water partition coefficient (Wildman–Crippen LogP) is 4.83. The van der Waals surface area contributed by atoms with E-state index in [1.807, 2.05) is 13.8 Å². The van der Waals surface area contributed by atoms with Gasteiger partial charge in [-0.1, -0.05) is 24.4 Å². The molecule has 1 aromatic carbocycles. The van der Waals surface area contributed by atoms with Crippen molar-refractivity contribution in [2.45, 2.75) is 51.1 Å². The largest absolute Gasteiger partial charge is 0.453 e. The van der Waals surface area contributed by atoms with Crippen LogP contribution in [0.15, 0.2) is 30.6 Å². The summed E-state index contributed by atoms with van der Waals surface area (Å²) >= 11 is 6.25. The number of aromatic nitrogens is 4. The zero-order valence-corrected chi connectivity index (χ0v) is 23.7. The molecular weight excluding hydrogens is 549 g/mol. The van der Waals surface area contributed by atoms with Crippen LogP contribution in [0.1, 0.15) is 45.6 Å². The Morgan fingerprint density at radius 3 is 2.62 bits per heavy atom. The molecule has 3 aromatic rings. The average molecular weight is 580 g/mol. The van der Waals surface area contributed by atoms with Gasteiger partial charge in [0.1, 0.15) is 5.69 Å². The van der Waals surface area contributed by atoms with Gasteiger partial charge in [-0.15, -0.1) is 0 Å². The lowest BCUT2D eigenvalue weighted by atomic mass is 9.98. The molecule has 1 saturated carbocycles. The van der Waals surface area contributed by atoms with Crippen molar-refractivity contribution < 1.29 is 22.3 Å². The Morgan fingerprint density at radius 2 is 1.97 bits per heavy atom. The van der Waals surface area contributed by atoms with E-state index >= 15 is 4.39 Å². The summed E-state index contributed by atoms with van der Waals surface area (Å²) in [5.74, 6) is -0.496. The van der Waals surface area contributed by atoms with Crippen LogP contribution in [0.3, 0.4) is 0 Å². The third-order valence-corrected chi connectivity index (χ3v) is 7.29. The van der Waals surface area contributed by atoms with E-state index in [1.54, 1.807) is 23.1 Å². The smallest absolute Gasteiger partial charge is 0.407 e. The zero-order valence-electron chi connectivity index (χ0n) is 22.1. The number of nitrogens with one attached hydrogen (secondary N) is 3. The molecule has 2 heterocycles.